The van der Waals surface area contributed by atoms with E-state index in [0.717, 1.165) is 0 Å². The monoisotopic (exact) mass is 162 g/mol. The Hall–Kier alpha value is -1.43. The molecule has 0 aliphatic carbocycles. The van der Waals surface area contributed by atoms with Crippen molar-refractivity contribution >= 4 is 18.7 Å². The van der Waals surface area contributed by atoms with Crippen molar-refractivity contribution in [3.63, 3.8) is 0 Å². The largest absolute Gasteiger partial charge is 0.480 e. The molecule has 0 spiro atoms. The molecule has 1 unspecified atom stereocenters. The van der Waals surface area contributed by atoms with Crippen molar-refractivity contribution in [2.45, 2.75) is 12.5 Å². The van der Waals surface area contributed by atoms with E-state index in [2.05, 4.69) is 5.73 Å². The summed E-state index contributed by atoms with van der Waals surface area (Å²) in [5.74, 6) is -1.92. The first kappa shape index (κ1) is 12.3. The summed E-state index contributed by atoms with van der Waals surface area (Å²) >= 11 is 0. The van der Waals surface area contributed by atoms with Crippen LogP contribution in [0.25, 0.3) is 0 Å². The SMILES string of the molecule is C=O.NC(=O)CC(N)C(=O)O. The third-order valence-corrected chi connectivity index (χ3v) is 0.738. The van der Waals surface area contributed by atoms with Gasteiger partial charge < -0.3 is 21.4 Å². The maximum absolute atomic E-state index is 9.99. The Morgan fingerprint density at radius 1 is 1.45 bits per heavy atom. The third-order valence-electron chi connectivity index (χ3n) is 0.738. The van der Waals surface area contributed by atoms with E-state index in [-0.39, 0.29) is 6.42 Å². The average molecular weight is 162 g/mol. The number of carbonyl (C=O) groups excluding carboxylic acids is 2. The van der Waals surface area contributed by atoms with Crippen molar-refractivity contribution in [1.82, 2.24) is 0 Å². The van der Waals surface area contributed by atoms with Crippen molar-refractivity contribution in [2.75, 3.05) is 0 Å². The molecule has 0 heterocycles. The molecule has 6 nitrogen and oxygen atoms in total. The van der Waals surface area contributed by atoms with Crippen LogP contribution in [0.15, 0.2) is 0 Å². The molecule has 5 N–H and O–H groups in total. The molecule has 64 valence electrons. The minimum atomic E-state index is -1.21. The van der Waals surface area contributed by atoms with Gasteiger partial charge in [-0.05, 0) is 0 Å². The lowest BCUT2D eigenvalue weighted by Gasteiger charge is -1.99. The van der Waals surface area contributed by atoms with E-state index in [1.54, 1.807) is 0 Å². The highest BCUT2D eigenvalue weighted by atomic mass is 16.4. The van der Waals surface area contributed by atoms with Gasteiger partial charge in [0.15, 0.2) is 0 Å². The van der Waals surface area contributed by atoms with Crippen molar-refractivity contribution in [2.24, 2.45) is 11.5 Å². The molecule has 0 fully saturated rings. The van der Waals surface area contributed by atoms with Crippen LogP contribution in [0.3, 0.4) is 0 Å². The molecule has 0 rings (SSSR count). The quantitative estimate of drug-likeness (QED) is 0.446. The lowest BCUT2D eigenvalue weighted by atomic mass is 10.2. The van der Waals surface area contributed by atoms with Crippen molar-refractivity contribution in [3.05, 3.63) is 0 Å². The van der Waals surface area contributed by atoms with Crippen molar-refractivity contribution in [1.29, 1.82) is 0 Å². The third kappa shape index (κ3) is 8.57. The fraction of sp³-hybridized carbons (Fsp3) is 0.400. The Bertz CT molecular complexity index is 147. The Kier molecular flexibility index (Phi) is 7.46. The number of amides is 1. The molecule has 0 saturated heterocycles. The number of carboxylic acid groups (broad SMARTS) is 1. The van der Waals surface area contributed by atoms with Gasteiger partial charge in [-0.1, -0.05) is 0 Å². The normalized spacial score (nSPS) is 10.6. The standard InChI is InChI=1S/C4H8N2O3.CH2O/c5-2(4(8)9)1-3(6)7;1-2/h2H,1,5H2,(H2,6,7)(H,8,9);1H2. The van der Waals surface area contributed by atoms with E-state index in [4.69, 9.17) is 15.6 Å². The first-order valence-corrected chi connectivity index (χ1v) is 2.59. The second kappa shape index (κ2) is 6.69. The maximum atomic E-state index is 9.99. The van der Waals surface area contributed by atoms with E-state index in [0.29, 0.717) is 0 Å². The first-order chi connectivity index (χ1) is 5.04. The van der Waals surface area contributed by atoms with Gasteiger partial charge in [-0.3, -0.25) is 9.59 Å². The predicted octanol–water partition coefficient (Wildman–Crippen LogP) is -1.91. The van der Waals surface area contributed by atoms with Gasteiger partial charge in [0, 0.05) is 0 Å². The number of aliphatic carboxylic acids is 1. The Balaban J connectivity index is 0. The van der Waals surface area contributed by atoms with Crippen LogP contribution in [0.5, 0.6) is 0 Å². The maximum Gasteiger partial charge on any atom is 0.321 e. The topological polar surface area (TPSA) is 123 Å². The summed E-state index contributed by atoms with van der Waals surface area (Å²) in [7, 11) is 0. The molecule has 0 aliphatic heterocycles. The summed E-state index contributed by atoms with van der Waals surface area (Å²) in [5.41, 5.74) is 9.57. The van der Waals surface area contributed by atoms with Gasteiger partial charge in [-0.15, -0.1) is 0 Å². The number of carbonyl (C=O) groups is 3. The summed E-state index contributed by atoms with van der Waals surface area (Å²) in [6.45, 7) is 2.00. The highest BCUT2D eigenvalue weighted by molar-refractivity contribution is 5.82. The van der Waals surface area contributed by atoms with Gasteiger partial charge in [0.2, 0.25) is 5.91 Å². The second-order valence-electron chi connectivity index (χ2n) is 1.62. The van der Waals surface area contributed by atoms with Crippen LogP contribution < -0.4 is 11.5 Å². The fourth-order valence-electron chi connectivity index (χ4n) is 0.304. The number of rotatable bonds is 3. The van der Waals surface area contributed by atoms with Crippen molar-refractivity contribution < 1.29 is 19.5 Å². The lowest BCUT2D eigenvalue weighted by molar-refractivity contribution is -0.140. The molecule has 0 aromatic rings. The van der Waals surface area contributed by atoms with Crippen LogP contribution in [-0.2, 0) is 14.4 Å². The summed E-state index contributed by atoms with van der Waals surface area (Å²) in [5, 5.41) is 8.10. The van der Waals surface area contributed by atoms with Gasteiger partial charge in [0.05, 0.1) is 6.42 Å². The van der Waals surface area contributed by atoms with Crippen LogP contribution in [0.4, 0.5) is 0 Å². The minimum absolute atomic E-state index is 0.310. The average Bonchev–Trinajstić information content (AvgIpc) is 1.90. The summed E-state index contributed by atoms with van der Waals surface area (Å²) in [4.78, 5) is 27.9. The zero-order chi connectivity index (χ0) is 9.44. The zero-order valence-electron chi connectivity index (χ0n) is 5.82. The molecule has 0 aromatic carbocycles. The fourth-order valence-corrected chi connectivity index (χ4v) is 0.304. The number of carboxylic acids is 1. The van der Waals surface area contributed by atoms with Crippen LogP contribution in [-0.4, -0.2) is 29.8 Å². The number of primary amides is 1. The van der Waals surface area contributed by atoms with E-state index in [1.807, 2.05) is 6.79 Å². The first-order valence-electron chi connectivity index (χ1n) is 2.59. The minimum Gasteiger partial charge on any atom is -0.480 e. The molecule has 6 heteroatoms. The van der Waals surface area contributed by atoms with E-state index in [1.165, 1.54) is 0 Å². The molecule has 1 atom stereocenters. The summed E-state index contributed by atoms with van der Waals surface area (Å²) in [6, 6.07) is -1.16. The Labute approximate surface area is 63.2 Å². The number of nitrogens with two attached hydrogens (primary N) is 2. The molecular formula is C5H10N2O4. The molecule has 1 amide bonds. The van der Waals surface area contributed by atoms with Crippen LogP contribution >= 0.6 is 0 Å². The van der Waals surface area contributed by atoms with Gasteiger partial charge in [-0.25, -0.2) is 0 Å². The van der Waals surface area contributed by atoms with E-state index < -0.39 is 17.9 Å². The molecule has 11 heavy (non-hydrogen) atoms. The molecule has 0 aliphatic rings. The molecule has 0 radical (unpaired) electrons. The van der Waals surface area contributed by atoms with Gasteiger partial charge in [0.25, 0.3) is 0 Å². The molecule has 0 bridgehead atoms. The summed E-state index contributed by atoms with van der Waals surface area (Å²) in [6.07, 6.45) is -0.310. The second-order valence-corrected chi connectivity index (χ2v) is 1.62. The Morgan fingerprint density at radius 3 is 1.91 bits per heavy atom. The highest BCUT2D eigenvalue weighted by Crippen LogP contribution is 1.84. The predicted molar refractivity (Wildman–Crippen MR) is 36.5 cm³/mol. The lowest BCUT2D eigenvalue weighted by Crippen LogP contribution is -2.34. The Morgan fingerprint density at radius 2 is 1.82 bits per heavy atom. The van der Waals surface area contributed by atoms with Crippen LogP contribution in [0, 0.1) is 0 Å². The van der Waals surface area contributed by atoms with Crippen molar-refractivity contribution in [3.8, 4) is 0 Å². The van der Waals surface area contributed by atoms with E-state index in [9.17, 15) is 9.59 Å². The van der Waals surface area contributed by atoms with Crippen LogP contribution in [0.2, 0.25) is 0 Å². The smallest absolute Gasteiger partial charge is 0.321 e. The van der Waals surface area contributed by atoms with Gasteiger partial charge >= 0.3 is 5.97 Å². The number of hydrogen-bond donors (Lipinski definition) is 3. The molecular weight excluding hydrogens is 152 g/mol. The number of hydrogen-bond acceptors (Lipinski definition) is 4. The van der Waals surface area contributed by atoms with Gasteiger partial charge in [-0.2, -0.15) is 0 Å². The zero-order valence-corrected chi connectivity index (χ0v) is 5.82. The highest BCUT2D eigenvalue weighted by Gasteiger charge is 2.13. The van der Waals surface area contributed by atoms with E-state index >= 15 is 0 Å². The van der Waals surface area contributed by atoms with Gasteiger partial charge in [0.1, 0.15) is 12.8 Å². The van der Waals surface area contributed by atoms with Crippen LogP contribution in [0.1, 0.15) is 6.42 Å². The molecule has 0 saturated carbocycles. The molecule has 0 aromatic heterocycles. The summed E-state index contributed by atoms with van der Waals surface area (Å²) < 4.78 is 0.